The number of carbonyl (C=O) groups excluding carboxylic acids is 1. The lowest BCUT2D eigenvalue weighted by atomic mass is 9.93. The SMILES string of the molecule is CC(OC(=O)Nc1cnnnc1-c1ccc(-c2ccc(C3(C(=O)O)CC3)cc2)cc1)c1ccccc1. The first-order valence-electron chi connectivity index (χ1n) is 11.6. The van der Waals surface area contributed by atoms with Crippen molar-refractivity contribution >= 4 is 17.7 Å². The maximum atomic E-state index is 12.5. The van der Waals surface area contributed by atoms with E-state index in [9.17, 15) is 14.7 Å². The summed E-state index contributed by atoms with van der Waals surface area (Å²) in [4.78, 5) is 24.1. The van der Waals surface area contributed by atoms with Crippen LogP contribution in [0.25, 0.3) is 22.4 Å². The molecule has 1 unspecified atom stereocenters. The molecular formula is C28H24N4O4. The fourth-order valence-corrected chi connectivity index (χ4v) is 4.22. The summed E-state index contributed by atoms with van der Waals surface area (Å²) in [5.41, 5.74) is 4.56. The number of nitrogens with zero attached hydrogens (tertiary/aromatic N) is 3. The normalized spacial score (nSPS) is 14.5. The average molecular weight is 481 g/mol. The molecule has 1 atom stereocenters. The number of aromatic nitrogens is 3. The highest BCUT2D eigenvalue weighted by molar-refractivity contribution is 5.90. The van der Waals surface area contributed by atoms with Gasteiger partial charge in [-0.2, -0.15) is 0 Å². The maximum absolute atomic E-state index is 12.5. The van der Waals surface area contributed by atoms with Gasteiger partial charge in [-0.3, -0.25) is 10.1 Å². The zero-order chi connectivity index (χ0) is 25.1. The van der Waals surface area contributed by atoms with Crippen LogP contribution >= 0.6 is 0 Å². The van der Waals surface area contributed by atoms with E-state index in [1.165, 1.54) is 6.20 Å². The second kappa shape index (κ2) is 9.58. The van der Waals surface area contributed by atoms with E-state index in [0.29, 0.717) is 24.2 Å². The van der Waals surface area contributed by atoms with Crippen LogP contribution in [0, 0.1) is 0 Å². The molecule has 0 spiro atoms. The van der Waals surface area contributed by atoms with Gasteiger partial charge in [0.05, 0.1) is 17.3 Å². The number of carbonyl (C=O) groups is 2. The largest absolute Gasteiger partial charge is 0.481 e. The summed E-state index contributed by atoms with van der Waals surface area (Å²) in [6, 6.07) is 24.8. The summed E-state index contributed by atoms with van der Waals surface area (Å²) in [5.74, 6) is -0.763. The van der Waals surface area contributed by atoms with Gasteiger partial charge in [-0.1, -0.05) is 78.9 Å². The molecule has 3 aromatic carbocycles. The number of aliphatic carboxylic acids is 1. The molecule has 8 nitrogen and oxygen atoms in total. The third-order valence-corrected chi connectivity index (χ3v) is 6.52. The molecule has 1 aromatic heterocycles. The van der Waals surface area contributed by atoms with E-state index >= 15 is 0 Å². The first-order valence-corrected chi connectivity index (χ1v) is 11.6. The van der Waals surface area contributed by atoms with E-state index in [-0.39, 0.29) is 0 Å². The van der Waals surface area contributed by atoms with Crippen LogP contribution in [0.4, 0.5) is 10.5 Å². The van der Waals surface area contributed by atoms with Gasteiger partial charge in [0, 0.05) is 5.56 Å². The first-order chi connectivity index (χ1) is 17.5. The van der Waals surface area contributed by atoms with E-state index in [1.54, 1.807) is 6.92 Å². The highest BCUT2D eigenvalue weighted by Gasteiger charge is 2.51. The van der Waals surface area contributed by atoms with Crippen molar-refractivity contribution in [2.75, 3.05) is 5.32 Å². The van der Waals surface area contributed by atoms with Crippen molar-refractivity contribution in [3.05, 3.63) is 96.2 Å². The fourth-order valence-electron chi connectivity index (χ4n) is 4.22. The zero-order valence-electron chi connectivity index (χ0n) is 19.6. The molecule has 1 saturated carbocycles. The molecule has 0 radical (unpaired) electrons. The van der Waals surface area contributed by atoms with Crippen LogP contribution in [0.3, 0.4) is 0 Å². The number of amides is 1. The van der Waals surface area contributed by atoms with Gasteiger partial charge in [0.2, 0.25) is 0 Å². The van der Waals surface area contributed by atoms with Crippen molar-refractivity contribution in [3.63, 3.8) is 0 Å². The molecule has 1 aliphatic rings. The lowest BCUT2D eigenvalue weighted by Crippen LogP contribution is -2.19. The van der Waals surface area contributed by atoms with E-state index in [4.69, 9.17) is 4.74 Å². The summed E-state index contributed by atoms with van der Waals surface area (Å²) in [5, 5.41) is 23.9. The molecule has 0 saturated heterocycles. The smallest absolute Gasteiger partial charge is 0.412 e. The maximum Gasteiger partial charge on any atom is 0.412 e. The van der Waals surface area contributed by atoms with E-state index in [0.717, 1.165) is 27.8 Å². The van der Waals surface area contributed by atoms with Crippen molar-refractivity contribution < 1.29 is 19.4 Å². The number of carboxylic acids is 1. The van der Waals surface area contributed by atoms with Crippen LogP contribution in [0.15, 0.2) is 85.1 Å². The van der Waals surface area contributed by atoms with Gasteiger partial charge < -0.3 is 9.84 Å². The fraction of sp³-hybridized carbons (Fsp3) is 0.179. The van der Waals surface area contributed by atoms with Crippen LogP contribution < -0.4 is 5.32 Å². The predicted octanol–water partition coefficient (Wildman–Crippen LogP) is 5.63. The number of benzene rings is 3. The van der Waals surface area contributed by atoms with Crippen molar-refractivity contribution in [1.29, 1.82) is 0 Å². The molecule has 0 aliphatic heterocycles. The number of anilines is 1. The molecule has 8 heteroatoms. The molecule has 1 amide bonds. The lowest BCUT2D eigenvalue weighted by Gasteiger charge is -2.15. The van der Waals surface area contributed by atoms with Gasteiger partial charge in [0.1, 0.15) is 11.8 Å². The van der Waals surface area contributed by atoms with Crippen LogP contribution in [-0.2, 0) is 14.9 Å². The van der Waals surface area contributed by atoms with Gasteiger partial charge in [0.25, 0.3) is 0 Å². The van der Waals surface area contributed by atoms with E-state index in [2.05, 4.69) is 20.7 Å². The van der Waals surface area contributed by atoms with Crippen molar-refractivity contribution in [2.45, 2.75) is 31.3 Å². The van der Waals surface area contributed by atoms with Crippen molar-refractivity contribution in [1.82, 2.24) is 15.4 Å². The monoisotopic (exact) mass is 480 g/mol. The standard InChI is InChI=1S/C28H24N4O4/c1-18(19-5-3-2-4-6-19)36-27(35)30-24-17-29-32-31-25(24)22-9-7-20(8-10-22)21-11-13-23(14-12-21)28(15-16-28)26(33)34/h2-14,17-18H,15-16H2,1H3,(H,33,34)(H,30,32,35). The molecule has 1 aliphatic carbocycles. The Hall–Kier alpha value is -4.59. The van der Waals surface area contributed by atoms with Gasteiger partial charge in [-0.15, -0.1) is 10.2 Å². The van der Waals surface area contributed by atoms with Gasteiger partial charge in [-0.25, -0.2) is 4.79 Å². The Morgan fingerprint density at radius 3 is 2.14 bits per heavy atom. The van der Waals surface area contributed by atoms with Crippen molar-refractivity contribution in [2.24, 2.45) is 0 Å². The Labute approximate surface area is 208 Å². The predicted molar refractivity (Wildman–Crippen MR) is 134 cm³/mol. The van der Waals surface area contributed by atoms with Gasteiger partial charge in [0.15, 0.2) is 0 Å². The lowest BCUT2D eigenvalue weighted by molar-refractivity contribution is -0.140. The third-order valence-electron chi connectivity index (χ3n) is 6.52. The second-order valence-corrected chi connectivity index (χ2v) is 8.82. The first kappa shape index (κ1) is 23.2. The summed E-state index contributed by atoms with van der Waals surface area (Å²) in [7, 11) is 0. The molecule has 0 bridgehead atoms. The van der Waals surface area contributed by atoms with E-state index < -0.39 is 23.6 Å². The number of ether oxygens (including phenoxy) is 1. The van der Waals surface area contributed by atoms with Crippen LogP contribution in [0.2, 0.25) is 0 Å². The minimum absolute atomic E-state index is 0.385. The Kier molecular flexibility index (Phi) is 6.16. The minimum Gasteiger partial charge on any atom is -0.481 e. The Morgan fingerprint density at radius 2 is 1.53 bits per heavy atom. The third kappa shape index (κ3) is 4.65. The molecule has 36 heavy (non-hydrogen) atoms. The number of hydrogen-bond donors (Lipinski definition) is 2. The number of carboxylic acid groups (broad SMARTS) is 1. The summed E-state index contributed by atoms with van der Waals surface area (Å²) in [6.45, 7) is 1.80. The highest BCUT2D eigenvalue weighted by atomic mass is 16.6. The topological polar surface area (TPSA) is 114 Å². The van der Waals surface area contributed by atoms with Gasteiger partial charge >= 0.3 is 12.1 Å². The molecule has 4 aromatic rings. The second-order valence-electron chi connectivity index (χ2n) is 8.82. The summed E-state index contributed by atoms with van der Waals surface area (Å²) in [6.07, 6.45) is 1.75. The molecule has 5 rings (SSSR count). The zero-order valence-corrected chi connectivity index (χ0v) is 19.6. The average Bonchev–Trinajstić information content (AvgIpc) is 3.72. The van der Waals surface area contributed by atoms with E-state index in [1.807, 2.05) is 78.9 Å². The quantitative estimate of drug-likeness (QED) is 0.352. The van der Waals surface area contributed by atoms with Crippen LogP contribution in [0.1, 0.15) is 37.0 Å². The minimum atomic E-state index is -0.763. The Balaban J connectivity index is 1.30. The number of rotatable bonds is 7. The molecule has 180 valence electrons. The molecule has 1 heterocycles. The highest BCUT2D eigenvalue weighted by Crippen LogP contribution is 2.48. The summed E-state index contributed by atoms with van der Waals surface area (Å²) < 4.78 is 5.50. The molecule has 1 fully saturated rings. The summed E-state index contributed by atoms with van der Waals surface area (Å²) >= 11 is 0. The Bertz CT molecular complexity index is 1390. The van der Waals surface area contributed by atoms with Crippen LogP contribution in [0.5, 0.6) is 0 Å². The Morgan fingerprint density at radius 1 is 0.917 bits per heavy atom. The number of nitrogens with one attached hydrogen (secondary N) is 1. The number of hydrogen-bond acceptors (Lipinski definition) is 6. The van der Waals surface area contributed by atoms with Crippen LogP contribution in [-0.4, -0.2) is 32.6 Å². The van der Waals surface area contributed by atoms with Crippen molar-refractivity contribution in [3.8, 4) is 22.4 Å². The molecular weight excluding hydrogens is 456 g/mol. The molecule has 2 N–H and O–H groups in total. The van der Waals surface area contributed by atoms with Gasteiger partial charge in [-0.05, 0) is 47.2 Å².